The first-order valence-corrected chi connectivity index (χ1v) is 8.31. The largest absolute Gasteiger partial charge is 0.272 e. The van der Waals surface area contributed by atoms with E-state index in [1.807, 2.05) is 11.4 Å². The van der Waals surface area contributed by atoms with Crippen molar-refractivity contribution in [1.29, 1.82) is 5.26 Å². The quantitative estimate of drug-likeness (QED) is 0.457. The van der Waals surface area contributed by atoms with Crippen LogP contribution in [0, 0.1) is 28.4 Å². The fourth-order valence-electron chi connectivity index (χ4n) is 2.82. The van der Waals surface area contributed by atoms with Crippen LogP contribution in [-0.4, -0.2) is 9.91 Å². The average Bonchev–Trinajstić information content (AvgIpc) is 3.20. The maximum absolute atomic E-state index is 11.1. The first-order valence-electron chi connectivity index (χ1n) is 7.43. The van der Waals surface area contributed by atoms with Crippen LogP contribution in [0.5, 0.6) is 0 Å². The number of hydrogen-bond donors (Lipinski definition) is 0. The van der Waals surface area contributed by atoms with E-state index in [0.717, 1.165) is 25.7 Å². The van der Waals surface area contributed by atoms with E-state index < -0.39 is 0 Å². The second kappa shape index (κ2) is 6.31. The van der Waals surface area contributed by atoms with Gasteiger partial charge < -0.3 is 0 Å². The van der Waals surface area contributed by atoms with Gasteiger partial charge in [0.05, 0.1) is 16.2 Å². The highest BCUT2D eigenvalue weighted by molar-refractivity contribution is 7.11. The molecular formula is C17H15N3O2S. The molecule has 116 valence electrons. The van der Waals surface area contributed by atoms with Gasteiger partial charge in [0, 0.05) is 22.6 Å². The monoisotopic (exact) mass is 325 g/mol. The predicted octanol–water partition coefficient (Wildman–Crippen LogP) is 4.88. The Balaban J connectivity index is 2.00. The average molecular weight is 325 g/mol. The molecule has 1 aliphatic rings. The van der Waals surface area contributed by atoms with Crippen LogP contribution in [-0.2, 0) is 0 Å². The standard InChI is InChI=1S/C17H15N3O2S/c1-11-6-7-13(8-16(11)20(21)22)15-10-23-17(19-15)14(9-18)12-4-2-3-5-12/h6-8,10H,2-5H2,1H3. The SMILES string of the molecule is Cc1ccc(-c2csc(C(C#N)=C3CCCC3)n2)cc1[N+](=O)[O-]. The Kier molecular flexibility index (Phi) is 4.22. The summed E-state index contributed by atoms with van der Waals surface area (Å²) in [5.41, 5.74) is 3.97. The number of nitriles is 1. The van der Waals surface area contributed by atoms with Gasteiger partial charge in [-0.15, -0.1) is 11.3 Å². The van der Waals surface area contributed by atoms with Gasteiger partial charge in [0.2, 0.25) is 0 Å². The van der Waals surface area contributed by atoms with Gasteiger partial charge >= 0.3 is 0 Å². The van der Waals surface area contributed by atoms with Gasteiger partial charge in [0.1, 0.15) is 11.1 Å². The van der Waals surface area contributed by atoms with Crippen molar-refractivity contribution in [3.05, 3.63) is 49.8 Å². The van der Waals surface area contributed by atoms with Crippen molar-refractivity contribution in [2.45, 2.75) is 32.6 Å². The molecule has 0 radical (unpaired) electrons. The molecular weight excluding hydrogens is 310 g/mol. The second-order valence-electron chi connectivity index (χ2n) is 5.59. The molecule has 23 heavy (non-hydrogen) atoms. The van der Waals surface area contributed by atoms with Gasteiger partial charge in [0.25, 0.3) is 5.69 Å². The molecule has 0 bridgehead atoms. The van der Waals surface area contributed by atoms with Crippen LogP contribution < -0.4 is 0 Å². The fourth-order valence-corrected chi connectivity index (χ4v) is 3.69. The van der Waals surface area contributed by atoms with Crippen molar-refractivity contribution in [3.63, 3.8) is 0 Å². The summed E-state index contributed by atoms with van der Waals surface area (Å²) in [7, 11) is 0. The molecule has 0 saturated heterocycles. The normalized spacial score (nSPS) is 13.8. The smallest absolute Gasteiger partial charge is 0.258 e. The van der Waals surface area contributed by atoms with Crippen LogP contribution in [0.4, 0.5) is 5.69 Å². The fraction of sp³-hybridized carbons (Fsp3) is 0.294. The molecule has 3 rings (SSSR count). The molecule has 0 atom stereocenters. The summed E-state index contributed by atoms with van der Waals surface area (Å²) in [4.78, 5) is 15.2. The van der Waals surface area contributed by atoms with Gasteiger partial charge in [-0.3, -0.25) is 10.1 Å². The van der Waals surface area contributed by atoms with E-state index in [-0.39, 0.29) is 10.6 Å². The molecule has 0 aliphatic heterocycles. The highest BCUT2D eigenvalue weighted by Crippen LogP contribution is 2.35. The van der Waals surface area contributed by atoms with Gasteiger partial charge in [-0.1, -0.05) is 12.1 Å². The lowest BCUT2D eigenvalue weighted by Crippen LogP contribution is -1.92. The Hall–Kier alpha value is -2.52. The van der Waals surface area contributed by atoms with Crippen molar-refractivity contribution in [3.8, 4) is 17.3 Å². The van der Waals surface area contributed by atoms with Crippen LogP contribution >= 0.6 is 11.3 Å². The number of nitro groups is 1. The van der Waals surface area contributed by atoms with Crippen LogP contribution in [0.25, 0.3) is 16.8 Å². The molecule has 1 saturated carbocycles. The molecule has 1 fully saturated rings. The van der Waals surface area contributed by atoms with Crippen molar-refractivity contribution < 1.29 is 4.92 Å². The van der Waals surface area contributed by atoms with Crippen LogP contribution in [0.1, 0.15) is 36.3 Å². The molecule has 5 nitrogen and oxygen atoms in total. The third kappa shape index (κ3) is 3.01. The van der Waals surface area contributed by atoms with Crippen LogP contribution in [0.2, 0.25) is 0 Å². The lowest BCUT2D eigenvalue weighted by Gasteiger charge is -2.01. The van der Waals surface area contributed by atoms with Crippen LogP contribution in [0.15, 0.2) is 29.2 Å². The number of nitrogens with zero attached hydrogens (tertiary/aromatic N) is 3. The zero-order valence-corrected chi connectivity index (χ0v) is 13.5. The summed E-state index contributed by atoms with van der Waals surface area (Å²) < 4.78 is 0. The van der Waals surface area contributed by atoms with E-state index in [9.17, 15) is 15.4 Å². The number of thiazole rings is 1. The number of allylic oxidation sites excluding steroid dienone is 2. The lowest BCUT2D eigenvalue weighted by molar-refractivity contribution is -0.385. The van der Waals surface area contributed by atoms with Crippen molar-refractivity contribution in [2.24, 2.45) is 0 Å². The number of nitro benzene ring substituents is 1. The van der Waals surface area contributed by atoms with Gasteiger partial charge in [-0.25, -0.2) is 4.98 Å². The number of aryl methyl sites for hydroxylation is 1. The molecule has 0 unspecified atom stereocenters. The van der Waals surface area contributed by atoms with E-state index in [1.54, 1.807) is 19.1 Å². The summed E-state index contributed by atoms with van der Waals surface area (Å²) in [6.45, 7) is 1.71. The van der Waals surface area contributed by atoms with Gasteiger partial charge in [-0.05, 0) is 38.2 Å². The van der Waals surface area contributed by atoms with E-state index >= 15 is 0 Å². The second-order valence-corrected chi connectivity index (χ2v) is 6.45. The molecule has 6 heteroatoms. The maximum atomic E-state index is 11.1. The Morgan fingerprint density at radius 2 is 2.13 bits per heavy atom. The topological polar surface area (TPSA) is 79.8 Å². The van der Waals surface area contributed by atoms with Gasteiger partial charge in [-0.2, -0.15) is 5.26 Å². The van der Waals surface area contributed by atoms with Crippen molar-refractivity contribution >= 4 is 22.6 Å². The zero-order valence-electron chi connectivity index (χ0n) is 12.7. The minimum absolute atomic E-state index is 0.0895. The first-order chi connectivity index (χ1) is 11.1. The number of benzene rings is 1. The molecule has 1 aromatic heterocycles. The highest BCUT2D eigenvalue weighted by atomic mass is 32.1. The van der Waals surface area contributed by atoms with E-state index in [4.69, 9.17) is 0 Å². The van der Waals surface area contributed by atoms with Crippen LogP contribution in [0.3, 0.4) is 0 Å². The Morgan fingerprint density at radius 1 is 1.39 bits per heavy atom. The maximum Gasteiger partial charge on any atom is 0.272 e. The Bertz CT molecular complexity index is 838. The van der Waals surface area contributed by atoms with E-state index in [2.05, 4.69) is 11.1 Å². The molecule has 1 heterocycles. The molecule has 1 aliphatic carbocycles. The van der Waals surface area contributed by atoms with E-state index in [1.165, 1.54) is 16.9 Å². The summed E-state index contributed by atoms with van der Waals surface area (Å²) in [5.74, 6) is 0. The Morgan fingerprint density at radius 3 is 2.78 bits per heavy atom. The number of aromatic nitrogens is 1. The zero-order chi connectivity index (χ0) is 16.4. The molecule has 1 aromatic carbocycles. The first kappa shape index (κ1) is 15.4. The minimum atomic E-state index is -0.382. The summed E-state index contributed by atoms with van der Waals surface area (Å²) in [6, 6.07) is 7.39. The number of hydrogen-bond acceptors (Lipinski definition) is 5. The summed E-state index contributed by atoms with van der Waals surface area (Å²) in [6.07, 6.45) is 4.19. The van der Waals surface area contributed by atoms with Crippen molar-refractivity contribution in [1.82, 2.24) is 4.98 Å². The van der Waals surface area contributed by atoms with Gasteiger partial charge in [0.15, 0.2) is 0 Å². The van der Waals surface area contributed by atoms with E-state index in [0.29, 0.717) is 27.4 Å². The summed E-state index contributed by atoms with van der Waals surface area (Å²) >= 11 is 1.42. The molecule has 0 N–H and O–H groups in total. The van der Waals surface area contributed by atoms with Crippen molar-refractivity contribution in [2.75, 3.05) is 0 Å². The highest BCUT2D eigenvalue weighted by Gasteiger charge is 2.18. The molecule has 2 aromatic rings. The molecule has 0 amide bonds. The predicted molar refractivity (Wildman–Crippen MR) is 89.9 cm³/mol. The summed E-state index contributed by atoms with van der Waals surface area (Å²) in [5, 5.41) is 23.1. The number of rotatable bonds is 3. The Labute approximate surface area is 138 Å². The third-order valence-corrected chi connectivity index (χ3v) is 4.95. The lowest BCUT2D eigenvalue weighted by atomic mass is 10.1. The molecule has 0 spiro atoms. The third-order valence-electron chi connectivity index (χ3n) is 4.09. The minimum Gasteiger partial charge on any atom is -0.258 e.